The van der Waals surface area contributed by atoms with Gasteiger partial charge in [-0.25, -0.2) is 4.79 Å². The largest absolute Gasteiger partial charge is 0.444 e. The molecule has 0 aromatic rings. The van der Waals surface area contributed by atoms with Gasteiger partial charge in [-0.3, -0.25) is 0 Å². The van der Waals surface area contributed by atoms with Gasteiger partial charge in [-0.2, -0.15) is 0 Å². The smallest absolute Gasteiger partial charge is 0.410 e. The molecule has 1 amide bonds. The van der Waals surface area contributed by atoms with Crippen LogP contribution in [0.3, 0.4) is 0 Å². The van der Waals surface area contributed by atoms with Crippen molar-refractivity contribution in [1.29, 1.82) is 0 Å². The molecule has 2 fully saturated rings. The summed E-state index contributed by atoms with van der Waals surface area (Å²) >= 11 is 0. The van der Waals surface area contributed by atoms with Crippen LogP contribution >= 0.6 is 0 Å². The van der Waals surface area contributed by atoms with Crippen LogP contribution in [0, 0.1) is 5.41 Å². The predicted molar refractivity (Wildman–Crippen MR) is 62.4 cm³/mol. The molecule has 0 radical (unpaired) electrons. The monoisotopic (exact) mass is 226 g/mol. The quantitative estimate of drug-likeness (QED) is 0.680. The Morgan fingerprint density at radius 3 is 2.25 bits per heavy atom. The maximum atomic E-state index is 11.7. The van der Waals surface area contributed by atoms with Crippen LogP contribution in [0.5, 0.6) is 0 Å². The van der Waals surface area contributed by atoms with Crippen LogP contribution in [-0.2, 0) is 4.74 Å². The Bertz CT molecular complexity index is 282. The molecule has 1 spiro atoms. The first kappa shape index (κ1) is 11.7. The first-order chi connectivity index (χ1) is 7.34. The minimum Gasteiger partial charge on any atom is -0.444 e. The van der Waals surface area contributed by atoms with Gasteiger partial charge in [0.05, 0.1) is 0 Å². The molecule has 0 bridgehead atoms. The Hall–Kier alpha value is -0.770. The van der Waals surface area contributed by atoms with Crippen molar-refractivity contribution in [2.24, 2.45) is 5.41 Å². The van der Waals surface area contributed by atoms with E-state index in [9.17, 15) is 4.79 Å². The van der Waals surface area contributed by atoms with Crippen molar-refractivity contribution in [3.63, 3.8) is 0 Å². The molecule has 4 heteroatoms. The molecule has 0 saturated carbocycles. The highest BCUT2D eigenvalue weighted by atomic mass is 16.6. The van der Waals surface area contributed by atoms with E-state index in [0.29, 0.717) is 5.41 Å². The minimum absolute atomic E-state index is 0.159. The molecule has 2 saturated heterocycles. The van der Waals surface area contributed by atoms with Crippen molar-refractivity contribution in [3.05, 3.63) is 0 Å². The predicted octanol–water partition coefficient (Wildman–Crippen LogP) is 1.56. The van der Waals surface area contributed by atoms with Crippen LogP contribution in [0.15, 0.2) is 0 Å². The molecule has 0 aliphatic carbocycles. The van der Waals surface area contributed by atoms with Crippen molar-refractivity contribution in [1.82, 2.24) is 9.80 Å². The van der Waals surface area contributed by atoms with Crippen LogP contribution in [0.2, 0.25) is 0 Å². The average Bonchev–Trinajstić information content (AvgIpc) is 1.95. The van der Waals surface area contributed by atoms with Crippen molar-refractivity contribution in [2.45, 2.75) is 33.3 Å². The number of ether oxygens (including phenoxy) is 1. The Balaban J connectivity index is 1.75. The standard InChI is InChI=1S/C12H22N2O2/c1-5-13-6-12(7-13)8-14(9-12)10(15)16-11(2,3)4/h5-9H2,1-4H3. The summed E-state index contributed by atoms with van der Waals surface area (Å²) in [6, 6.07) is 0. The second-order valence-electron chi connectivity index (χ2n) is 6.14. The maximum Gasteiger partial charge on any atom is 0.410 e. The van der Waals surface area contributed by atoms with Gasteiger partial charge in [0.25, 0.3) is 0 Å². The summed E-state index contributed by atoms with van der Waals surface area (Å²) in [4.78, 5) is 15.9. The normalized spacial score (nSPS) is 23.9. The summed E-state index contributed by atoms with van der Waals surface area (Å²) in [5.74, 6) is 0. The zero-order chi connectivity index (χ0) is 12.0. The Morgan fingerprint density at radius 2 is 1.81 bits per heavy atom. The molecule has 2 heterocycles. The van der Waals surface area contributed by atoms with Gasteiger partial charge >= 0.3 is 6.09 Å². The molecular formula is C12H22N2O2. The van der Waals surface area contributed by atoms with Gasteiger partial charge in [0.2, 0.25) is 0 Å². The van der Waals surface area contributed by atoms with E-state index in [1.807, 2.05) is 25.7 Å². The second kappa shape index (κ2) is 3.62. The van der Waals surface area contributed by atoms with Crippen molar-refractivity contribution < 1.29 is 9.53 Å². The lowest BCUT2D eigenvalue weighted by molar-refractivity contribution is -0.110. The molecule has 0 aromatic carbocycles. The molecule has 4 nitrogen and oxygen atoms in total. The Labute approximate surface area is 97.5 Å². The van der Waals surface area contributed by atoms with Gasteiger partial charge in [-0.05, 0) is 27.3 Å². The number of nitrogens with zero attached hydrogens (tertiary/aromatic N) is 2. The Kier molecular flexibility index (Phi) is 2.65. The highest BCUT2D eigenvalue weighted by Crippen LogP contribution is 2.39. The highest BCUT2D eigenvalue weighted by Gasteiger charge is 2.53. The van der Waals surface area contributed by atoms with Crippen LogP contribution in [0.25, 0.3) is 0 Å². The Morgan fingerprint density at radius 1 is 1.25 bits per heavy atom. The SMILES string of the molecule is CCN1CC2(C1)CN(C(=O)OC(C)(C)C)C2. The van der Waals surface area contributed by atoms with Gasteiger partial charge in [-0.1, -0.05) is 6.92 Å². The number of amides is 1. The van der Waals surface area contributed by atoms with Crippen LogP contribution in [-0.4, -0.2) is 54.2 Å². The lowest BCUT2D eigenvalue weighted by Crippen LogP contribution is -2.72. The van der Waals surface area contributed by atoms with Crippen molar-refractivity contribution >= 4 is 6.09 Å². The lowest BCUT2D eigenvalue weighted by atomic mass is 9.73. The van der Waals surface area contributed by atoms with E-state index >= 15 is 0 Å². The van der Waals surface area contributed by atoms with E-state index in [-0.39, 0.29) is 11.7 Å². The number of hydrogen-bond donors (Lipinski definition) is 0. The van der Waals surface area contributed by atoms with Gasteiger partial charge in [0, 0.05) is 31.6 Å². The van der Waals surface area contributed by atoms with E-state index < -0.39 is 0 Å². The zero-order valence-electron chi connectivity index (χ0n) is 10.7. The van der Waals surface area contributed by atoms with Gasteiger partial charge in [0.1, 0.15) is 5.60 Å². The van der Waals surface area contributed by atoms with Crippen LogP contribution in [0.4, 0.5) is 4.79 Å². The van der Waals surface area contributed by atoms with Gasteiger partial charge in [-0.15, -0.1) is 0 Å². The molecular weight excluding hydrogens is 204 g/mol. The number of likely N-dealkylation sites (tertiary alicyclic amines) is 2. The molecule has 0 aromatic heterocycles. The third-order valence-corrected chi connectivity index (χ3v) is 3.27. The number of hydrogen-bond acceptors (Lipinski definition) is 3. The van der Waals surface area contributed by atoms with E-state index in [2.05, 4.69) is 11.8 Å². The fourth-order valence-electron chi connectivity index (χ4n) is 2.55. The van der Waals surface area contributed by atoms with E-state index in [1.54, 1.807) is 0 Å². The molecule has 0 unspecified atom stereocenters. The number of carbonyl (C=O) groups is 1. The van der Waals surface area contributed by atoms with Gasteiger partial charge in [0.15, 0.2) is 0 Å². The van der Waals surface area contributed by atoms with Gasteiger partial charge < -0.3 is 14.5 Å². The van der Waals surface area contributed by atoms with Crippen LogP contribution in [0.1, 0.15) is 27.7 Å². The minimum atomic E-state index is -0.380. The zero-order valence-corrected chi connectivity index (χ0v) is 10.7. The molecule has 0 N–H and O–H groups in total. The molecule has 0 atom stereocenters. The number of carbonyl (C=O) groups excluding carboxylic acids is 1. The highest BCUT2D eigenvalue weighted by molar-refractivity contribution is 5.69. The lowest BCUT2D eigenvalue weighted by Gasteiger charge is -2.59. The molecule has 2 rings (SSSR count). The van der Waals surface area contributed by atoms with Crippen molar-refractivity contribution in [3.8, 4) is 0 Å². The third-order valence-electron chi connectivity index (χ3n) is 3.27. The fraction of sp³-hybridized carbons (Fsp3) is 0.917. The van der Waals surface area contributed by atoms with Crippen molar-refractivity contribution in [2.75, 3.05) is 32.7 Å². The third kappa shape index (κ3) is 2.17. The summed E-state index contributed by atoms with van der Waals surface area (Å²) in [5, 5.41) is 0. The first-order valence-corrected chi connectivity index (χ1v) is 6.04. The summed E-state index contributed by atoms with van der Waals surface area (Å²) in [6.45, 7) is 13.0. The number of rotatable bonds is 1. The van der Waals surface area contributed by atoms with Crippen LogP contribution < -0.4 is 0 Å². The topological polar surface area (TPSA) is 32.8 Å². The summed E-state index contributed by atoms with van der Waals surface area (Å²) in [5.41, 5.74) is 0.0157. The summed E-state index contributed by atoms with van der Waals surface area (Å²) in [6.07, 6.45) is -0.159. The molecule has 2 aliphatic heterocycles. The average molecular weight is 226 g/mol. The molecule has 16 heavy (non-hydrogen) atoms. The van der Waals surface area contributed by atoms with E-state index in [0.717, 1.165) is 32.7 Å². The second-order valence-corrected chi connectivity index (χ2v) is 6.14. The maximum absolute atomic E-state index is 11.7. The summed E-state index contributed by atoms with van der Waals surface area (Å²) in [7, 11) is 0. The van der Waals surface area contributed by atoms with E-state index in [1.165, 1.54) is 0 Å². The molecule has 2 aliphatic rings. The fourth-order valence-corrected chi connectivity index (χ4v) is 2.55. The summed E-state index contributed by atoms with van der Waals surface area (Å²) < 4.78 is 5.33. The molecule has 92 valence electrons. The van der Waals surface area contributed by atoms with E-state index in [4.69, 9.17) is 4.74 Å². The first-order valence-electron chi connectivity index (χ1n) is 6.04.